The Morgan fingerprint density at radius 3 is 2.38 bits per heavy atom. The number of aliphatic hydroxyl groups excluding tert-OH is 2. The predicted octanol–water partition coefficient (Wildman–Crippen LogP) is 1.66. The standard InChI is InChI=1S/C13H17F3N2O3/c14-13(15,16)6-5-9-1-3-10(4-2-9)18-12(21)17-7-11(20)8-19/h1-4,11,19-20H,5-8H2,(H2,17,18,21). The van der Waals surface area contributed by atoms with Crippen molar-refractivity contribution in [2.24, 2.45) is 0 Å². The van der Waals surface area contributed by atoms with Crippen molar-refractivity contribution in [1.82, 2.24) is 5.32 Å². The van der Waals surface area contributed by atoms with E-state index in [9.17, 15) is 18.0 Å². The first kappa shape index (κ1) is 17.3. The monoisotopic (exact) mass is 306 g/mol. The highest BCUT2D eigenvalue weighted by atomic mass is 19.4. The number of urea groups is 1. The Morgan fingerprint density at radius 1 is 1.24 bits per heavy atom. The third kappa shape index (κ3) is 7.52. The molecule has 0 aliphatic rings. The van der Waals surface area contributed by atoms with Crippen molar-refractivity contribution in [3.05, 3.63) is 29.8 Å². The van der Waals surface area contributed by atoms with Crippen LogP contribution in [0.4, 0.5) is 23.7 Å². The molecule has 0 aromatic heterocycles. The second-order valence-electron chi connectivity index (χ2n) is 4.48. The molecule has 1 rings (SSSR count). The molecule has 1 aromatic carbocycles. The van der Waals surface area contributed by atoms with Crippen molar-refractivity contribution in [1.29, 1.82) is 0 Å². The number of hydrogen-bond donors (Lipinski definition) is 4. The van der Waals surface area contributed by atoms with Crippen LogP contribution >= 0.6 is 0 Å². The topological polar surface area (TPSA) is 81.6 Å². The molecule has 0 aliphatic heterocycles. The Balaban J connectivity index is 2.42. The van der Waals surface area contributed by atoms with E-state index >= 15 is 0 Å². The van der Waals surface area contributed by atoms with E-state index in [4.69, 9.17) is 10.2 Å². The summed E-state index contributed by atoms with van der Waals surface area (Å²) >= 11 is 0. The maximum absolute atomic E-state index is 12.1. The zero-order chi connectivity index (χ0) is 15.9. The van der Waals surface area contributed by atoms with Gasteiger partial charge in [0, 0.05) is 18.7 Å². The summed E-state index contributed by atoms with van der Waals surface area (Å²) < 4.78 is 36.2. The number of alkyl halides is 3. The SMILES string of the molecule is O=C(NCC(O)CO)Nc1ccc(CCC(F)(F)F)cc1. The number of carbonyl (C=O) groups excluding carboxylic acids is 1. The summed E-state index contributed by atoms with van der Waals surface area (Å²) in [6, 6.07) is 5.42. The van der Waals surface area contributed by atoms with Crippen LogP contribution in [0.1, 0.15) is 12.0 Å². The minimum atomic E-state index is -4.19. The van der Waals surface area contributed by atoms with Gasteiger partial charge in [0.2, 0.25) is 0 Å². The maximum atomic E-state index is 12.1. The minimum absolute atomic E-state index is 0.105. The van der Waals surface area contributed by atoms with E-state index in [2.05, 4.69) is 10.6 Å². The van der Waals surface area contributed by atoms with Gasteiger partial charge in [-0.2, -0.15) is 13.2 Å². The number of nitrogens with one attached hydrogen (secondary N) is 2. The lowest BCUT2D eigenvalue weighted by Gasteiger charge is -2.11. The van der Waals surface area contributed by atoms with Gasteiger partial charge in [-0.05, 0) is 24.1 Å². The van der Waals surface area contributed by atoms with Gasteiger partial charge >= 0.3 is 12.2 Å². The lowest BCUT2D eigenvalue weighted by Crippen LogP contribution is -2.36. The minimum Gasteiger partial charge on any atom is -0.394 e. The number of aliphatic hydroxyl groups is 2. The van der Waals surface area contributed by atoms with Crippen molar-refractivity contribution in [3.63, 3.8) is 0 Å². The number of hydrogen-bond acceptors (Lipinski definition) is 3. The molecule has 0 fully saturated rings. The van der Waals surface area contributed by atoms with Crippen molar-refractivity contribution in [3.8, 4) is 0 Å². The summed E-state index contributed by atoms with van der Waals surface area (Å²) in [5, 5.41) is 22.4. The highest BCUT2D eigenvalue weighted by molar-refractivity contribution is 5.89. The first-order valence-corrected chi connectivity index (χ1v) is 6.29. The van der Waals surface area contributed by atoms with Gasteiger partial charge in [-0.1, -0.05) is 12.1 Å². The van der Waals surface area contributed by atoms with Crippen molar-refractivity contribution in [2.45, 2.75) is 25.1 Å². The highest BCUT2D eigenvalue weighted by Gasteiger charge is 2.26. The quantitative estimate of drug-likeness (QED) is 0.645. The molecule has 0 spiro atoms. The van der Waals surface area contributed by atoms with Crippen LogP contribution in [0.15, 0.2) is 24.3 Å². The summed E-state index contributed by atoms with van der Waals surface area (Å²) in [6.45, 7) is -0.569. The first-order chi connectivity index (χ1) is 9.80. The number of carbonyl (C=O) groups is 1. The van der Waals surface area contributed by atoms with Gasteiger partial charge in [-0.3, -0.25) is 0 Å². The third-order valence-corrected chi connectivity index (χ3v) is 2.62. The molecule has 0 bridgehead atoms. The van der Waals surface area contributed by atoms with Crippen molar-refractivity contribution in [2.75, 3.05) is 18.5 Å². The van der Waals surface area contributed by atoms with Gasteiger partial charge in [-0.15, -0.1) is 0 Å². The lowest BCUT2D eigenvalue weighted by molar-refractivity contribution is -0.133. The molecule has 5 nitrogen and oxygen atoms in total. The number of halogens is 3. The molecule has 0 radical (unpaired) electrons. The van der Waals surface area contributed by atoms with E-state index < -0.39 is 31.3 Å². The van der Waals surface area contributed by atoms with E-state index in [-0.39, 0.29) is 13.0 Å². The third-order valence-electron chi connectivity index (χ3n) is 2.62. The van der Waals surface area contributed by atoms with Crippen molar-refractivity contribution >= 4 is 11.7 Å². The Hall–Kier alpha value is -1.80. The summed E-state index contributed by atoms with van der Waals surface area (Å²) in [4.78, 5) is 11.4. The number of benzene rings is 1. The number of amides is 2. The van der Waals surface area contributed by atoms with Crippen molar-refractivity contribution < 1.29 is 28.2 Å². The molecule has 1 aromatic rings. The zero-order valence-corrected chi connectivity index (χ0v) is 11.2. The van der Waals surface area contributed by atoms with Crippen LogP contribution in [0.25, 0.3) is 0 Å². The van der Waals surface area contributed by atoms with E-state index in [1.54, 1.807) is 0 Å². The van der Waals surface area contributed by atoms with Crippen LogP contribution < -0.4 is 10.6 Å². The van der Waals surface area contributed by atoms with Gasteiger partial charge in [0.05, 0.1) is 12.7 Å². The van der Waals surface area contributed by atoms with E-state index in [0.717, 1.165) is 0 Å². The van der Waals surface area contributed by atoms with Crippen LogP contribution in [-0.2, 0) is 6.42 Å². The summed E-state index contributed by atoms with van der Waals surface area (Å²) in [5.74, 6) is 0. The first-order valence-electron chi connectivity index (χ1n) is 6.29. The molecule has 118 valence electrons. The molecular formula is C13H17F3N2O3. The van der Waals surface area contributed by atoms with Gasteiger partial charge in [0.25, 0.3) is 0 Å². The van der Waals surface area contributed by atoms with E-state index in [1.807, 2.05) is 0 Å². The highest BCUT2D eigenvalue weighted by Crippen LogP contribution is 2.22. The largest absolute Gasteiger partial charge is 0.394 e. The fraction of sp³-hybridized carbons (Fsp3) is 0.462. The molecule has 0 saturated carbocycles. The number of aryl methyl sites for hydroxylation is 1. The van der Waals surface area contributed by atoms with Crippen LogP contribution in [0.5, 0.6) is 0 Å². The number of anilines is 1. The molecule has 4 N–H and O–H groups in total. The lowest BCUT2D eigenvalue weighted by atomic mass is 10.1. The molecule has 0 heterocycles. The molecule has 2 amide bonds. The molecule has 0 saturated heterocycles. The Bertz CT molecular complexity index is 449. The average molecular weight is 306 g/mol. The Kier molecular flexibility index (Phi) is 6.44. The predicted molar refractivity (Wildman–Crippen MR) is 70.9 cm³/mol. The molecule has 21 heavy (non-hydrogen) atoms. The maximum Gasteiger partial charge on any atom is 0.389 e. The second-order valence-corrected chi connectivity index (χ2v) is 4.48. The van der Waals surface area contributed by atoms with E-state index in [1.165, 1.54) is 24.3 Å². The average Bonchev–Trinajstić information content (AvgIpc) is 2.43. The smallest absolute Gasteiger partial charge is 0.389 e. The molecule has 8 heteroatoms. The normalized spacial score (nSPS) is 12.8. The zero-order valence-electron chi connectivity index (χ0n) is 11.2. The second kappa shape index (κ2) is 7.84. The number of rotatable bonds is 6. The van der Waals surface area contributed by atoms with Gasteiger partial charge in [0.1, 0.15) is 0 Å². The fourth-order valence-corrected chi connectivity index (χ4v) is 1.49. The van der Waals surface area contributed by atoms with Crippen LogP contribution in [0.2, 0.25) is 0 Å². The summed E-state index contributed by atoms with van der Waals surface area (Å²) in [6.07, 6.45) is -6.23. The van der Waals surface area contributed by atoms with Crippen LogP contribution in [0, 0.1) is 0 Å². The van der Waals surface area contributed by atoms with E-state index in [0.29, 0.717) is 11.3 Å². The Labute approximate surface area is 119 Å². The summed E-state index contributed by atoms with van der Waals surface area (Å²) in [7, 11) is 0. The molecule has 0 aliphatic carbocycles. The van der Waals surface area contributed by atoms with Gasteiger partial charge in [0.15, 0.2) is 0 Å². The van der Waals surface area contributed by atoms with Crippen LogP contribution in [0.3, 0.4) is 0 Å². The van der Waals surface area contributed by atoms with Gasteiger partial charge in [-0.25, -0.2) is 4.79 Å². The molecule has 1 atom stereocenters. The van der Waals surface area contributed by atoms with Crippen LogP contribution in [-0.4, -0.2) is 41.7 Å². The fourth-order valence-electron chi connectivity index (χ4n) is 1.49. The molecule has 1 unspecified atom stereocenters. The Morgan fingerprint density at radius 2 is 1.86 bits per heavy atom. The summed E-state index contributed by atoms with van der Waals surface area (Å²) in [5.41, 5.74) is 0.940. The van der Waals surface area contributed by atoms with Gasteiger partial charge < -0.3 is 20.8 Å². The molecular weight excluding hydrogens is 289 g/mol.